The first kappa shape index (κ1) is 20.4. The predicted octanol–water partition coefficient (Wildman–Crippen LogP) is 3.16. The van der Waals surface area contributed by atoms with E-state index in [9.17, 15) is 9.59 Å². The van der Waals surface area contributed by atoms with Gasteiger partial charge in [0.2, 0.25) is 11.8 Å². The number of benzene rings is 1. The summed E-state index contributed by atoms with van der Waals surface area (Å²) < 4.78 is 0. The van der Waals surface area contributed by atoms with Gasteiger partial charge in [0.1, 0.15) is 0 Å². The molecule has 0 spiro atoms. The van der Waals surface area contributed by atoms with Crippen molar-refractivity contribution < 1.29 is 9.59 Å². The molecule has 0 atom stereocenters. The third kappa shape index (κ3) is 5.00. The van der Waals surface area contributed by atoms with Gasteiger partial charge in [0.05, 0.1) is 5.41 Å². The lowest BCUT2D eigenvalue weighted by molar-refractivity contribution is -0.125. The third-order valence-corrected chi connectivity index (χ3v) is 3.97. The van der Waals surface area contributed by atoms with Gasteiger partial charge in [-0.25, -0.2) is 0 Å². The van der Waals surface area contributed by atoms with E-state index >= 15 is 0 Å². The summed E-state index contributed by atoms with van der Waals surface area (Å²) in [4.78, 5) is 23.7. The van der Waals surface area contributed by atoms with E-state index in [1.807, 2.05) is 13.8 Å². The van der Waals surface area contributed by atoms with Crippen LogP contribution in [-0.4, -0.2) is 18.4 Å². The Kier molecular flexibility index (Phi) is 8.75. The van der Waals surface area contributed by atoms with Crippen molar-refractivity contribution in [1.82, 2.24) is 0 Å². The average molecular weight is 328 g/mol. The summed E-state index contributed by atoms with van der Waals surface area (Å²) in [6.45, 7) is 6.07. The molecule has 0 aliphatic carbocycles. The maximum atomic E-state index is 12.4. The number of hydrogen-bond donors (Lipinski definition) is 3. The Labute approximate surface area is 138 Å². The monoisotopic (exact) mass is 327 g/mol. The van der Waals surface area contributed by atoms with Gasteiger partial charge >= 0.3 is 0 Å². The first-order chi connectivity index (χ1) is 10.0. The van der Waals surface area contributed by atoms with Crippen molar-refractivity contribution in [3.8, 4) is 0 Å². The van der Waals surface area contributed by atoms with Gasteiger partial charge in [0.25, 0.3) is 0 Å². The smallest absolute Gasteiger partial charge is 0.231 e. The molecular formula is C16H26ClN3O2. The van der Waals surface area contributed by atoms with E-state index in [-0.39, 0.29) is 24.2 Å². The van der Waals surface area contributed by atoms with Gasteiger partial charge in [-0.3, -0.25) is 9.59 Å². The number of halogens is 1. The number of amides is 2. The van der Waals surface area contributed by atoms with E-state index < -0.39 is 5.41 Å². The van der Waals surface area contributed by atoms with Gasteiger partial charge in [-0.2, -0.15) is 0 Å². The summed E-state index contributed by atoms with van der Waals surface area (Å²) in [7, 11) is 0. The average Bonchev–Trinajstić information content (AvgIpc) is 2.51. The van der Waals surface area contributed by atoms with Crippen LogP contribution in [0.2, 0.25) is 0 Å². The molecule has 0 unspecified atom stereocenters. The minimum absolute atomic E-state index is 0. The second-order valence-corrected chi connectivity index (χ2v) is 5.12. The summed E-state index contributed by atoms with van der Waals surface area (Å²) in [6.07, 6.45) is 1.84. The largest absolute Gasteiger partial charge is 0.329 e. The molecule has 1 aromatic rings. The van der Waals surface area contributed by atoms with Crippen LogP contribution in [-0.2, 0) is 9.59 Å². The molecule has 0 aliphatic heterocycles. The first-order valence-electron chi connectivity index (χ1n) is 7.42. The van der Waals surface area contributed by atoms with Gasteiger partial charge in [0, 0.05) is 24.3 Å². The van der Waals surface area contributed by atoms with E-state index in [0.29, 0.717) is 31.5 Å². The molecule has 124 valence electrons. The van der Waals surface area contributed by atoms with Crippen molar-refractivity contribution in [2.45, 2.75) is 40.0 Å². The van der Waals surface area contributed by atoms with Crippen molar-refractivity contribution in [3.63, 3.8) is 0 Å². The van der Waals surface area contributed by atoms with Crippen molar-refractivity contribution in [2.24, 2.45) is 11.1 Å². The number of nitrogens with two attached hydrogens (primary N) is 1. The number of anilines is 2. The van der Waals surface area contributed by atoms with E-state index in [2.05, 4.69) is 10.6 Å². The van der Waals surface area contributed by atoms with Gasteiger partial charge in [-0.1, -0.05) is 20.8 Å². The van der Waals surface area contributed by atoms with Gasteiger partial charge in [0.15, 0.2) is 0 Å². The Hall–Kier alpha value is -1.59. The second-order valence-electron chi connectivity index (χ2n) is 5.12. The summed E-state index contributed by atoms with van der Waals surface area (Å²) in [5.74, 6) is -0.0914. The lowest BCUT2D eigenvalue weighted by atomic mass is 9.81. The highest BCUT2D eigenvalue weighted by Crippen LogP contribution is 2.27. The lowest BCUT2D eigenvalue weighted by Gasteiger charge is -2.28. The molecule has 22 heavy (non-hydrogen) atoms. The van der Waals surface area contributed by atoms with Crippen LogP contribution in [0.1, 0.15) is 40.0 Å². The summed E-state index contributed by atoms with van der Waals surface area (Å²) >= 11 is 0. The van der Waals surface area contributed by atoms with Gasteiger partial charge in [-0.05, 0) is 37.1 Å². The van der Waals surface area contributed by atoms with Crippen molar-refractivity contribution in [1.29, 1.82) is 0 Å². The molecule has 0 aromatic heterocycles. The van der Waals surface area contributed by atoms with E-state index in [4.69, 9.17) is 5.73 Å². The van der Waals surface area contributed by atoms with Crippen LogP contribution in [0.3, 0.4) is 0 Å². The molecular weight excluding hydrogens is 302 g/mol. The van der Waals surface area contributed by atoms with Crippen LogP contribution in [0.5, 0.6) is 0 Å². The van der Waals surface area contributed by atoms with E-state index in [0.717, 1.165) is 5.69 Å². The number of nitrogens with one attached hydrogen (secondary N) is 2. The Balaban J connectivity index is 0.00000441. The number of hydrogen-bond acceptors (Lipinski definition) is 3. The highest BCUT2D eigenvalue weighted by Gasteiger charge is 2.33. The van der Waals surface area contributed by atoms with Crippen LogP contribution in [0.4, 0.5) is 11.4 Å². The number of carbonyl (C=O) groups is 2. The Morgan fingerprint density at radius 3 is 1.82 bits per heavy atom. The maximum absolute atomic E-state index is 12.4. The molecule has 0 radical (unpaired) electrons. The predicted molar refractivity (Wildman–Crippen MR) is 93.3 cm³/mol. The zero-order valence-corrected chi connectivity index (χ0v) is 14.3. The van der Waals surface area contributed by atoms with Crippen LogP contribution in [0, 0.1) is 5.41 Å². The summed E-state index contributed by atoms with van der Waals surface area (Å²) in [5.41, 5.74) is 6.67. The van der Waals surface area contributed by atoms with Gasteiger partial charge < -0.3 is 16.4 Å². The summed E-state index contributed by atoms with van der Waals surface area (Å²) in [6, 6.07) is 7.09. The molecule has 2 amide bonds. The van der Waals surface area contributed by atoms with Crippen molar-refractivity contribution in [3.05, 3.63) is 24.3 Å². The van der Waals surface area contributed by atoms with E-state index in [1.54, 1.807) is 31.2 Å². The zero-order chi connectivity index (χ0) is 15.9. The molecule has 1 aromatic carbocycles. The van der Waals surface area contributed by atoms with E-state index in [1.165, 1.54) is 0 Å². The Morgan fingerprint density at radius 2 is 1.45 bits per heavy atom. The molecule has 0 heterocycles. The van der Waals surface area contributed by atoms with Gasteiger partial charge in [-0.15, -0.1) is 12.4 Å². The maximum Gasteiger partial charge on any atom is 0.231 e. The minimum Gasteiger partial charge on any atom is -0.329 e. The molecule has 1 rings (SSSR count). The molecule has 5 nitrogen and oxygen atoms in total. The third-order valence-electron chi connectivity index (χ3n) is 3.97. The molecule has 6 heteroatoms. The molecule has 0 saturated carbocycles. The number of carbonyl (C=O) groups excluding carboxylic acids is 2. The molecule has 0 fully saturated rings. The minimum atomic E-state index is -0.519. The quantitative estimate of drug-likeness (QED) is 0.719. The van der Waals surface area contributed by atoms with Crippen LogP contribution >= 0.6 is 12.4 Å². The van der Waals surface area contributed by atoms with Crippen LogP contribution in [0.25, 0.3) is 0 Å². The van der Waals surface area contributed by atoms with Crippen molar-refractivity contribution >= 4 is 35.6 Å². The Morgan fingerprint density at radius 1 is 1.00 bits per heavy atom. The SMILES string of the molecule is CCC(=O)Nc1ccc(NC(=O)C(CC)(CC)CN)cc1.Cl. The topological polar surface area (TPSA) is 84.2 Å². The molecule has 0 saturated heterocycles. The fourth-order valence-electron chi connectivity index (χ4n) is 2.10. The lowest BCUT2D eigenvalue weighted by Crippen LogP contribution is -2.41. The fourth-order valence-corrected chi connectivity index (χ4v) is 2.10. The highest BCUT2D eigenvalue weighted by atomic mass is 35.5. The fraction of sp³-hybridized carbons (Fsp3) is 0.500. The number of rotatable bonds is 7. The highest BCUT2D eigenvalue weighted by molar-refractivity contribution is 5.96. The molecule has 4 N–H and O–H groups in total. The second kappa shape index (κ2) is 9.43. The van der Waals surface area contributed by atoms with Crippen molar-refractivity contribution in [2.75, 3.05) is 17.2 Å². The first-order valence-corrected chi connectivity index (χ1v) is 7.42. The van der Waals surface area contributed by atoms with Crippen LogP contribution in [0.15, 0.2) is 24.3 Å². The molecule has 0 bridgehead atoms. The summed E-state index contributed by atoms with van der Waals surface area (Å²) in [5, 5.41) is 5.66. The normalized spacial score (nSPS) is 10.5. The Bertz CT molecular complexity index is 476. The van der Waals surface area contributed by atoms with Crippen LogP contribution < -0.4 is 16.4 Å². The zero-order valence-electron chi connectivity index (χ0n) is 13.4. The standard InChI is InChI=1S/C16H25N3O2.ClH/c1-4-14(20)18-12-7-9-13(10-8-12)19-15(21)16(5-2,6-3)11-17;/h7-10H,4-6,11,17H2,1-3H3,(H,18,20)(H,19,21);1H. The molecule has 0 aliphatic rings.